The van der Waals surface area contributed by atoms with Gasteiger partial charge >= 0.3 is 0 Å². The molecule has 68 valence electrons. The molecule has 0 heterocycles. The van der Waals surface area contributed by atoms with Crippen molar-refractivity contribution in [3.05, 3.63) is 23.8 Å². The van der Waals surface area contributed by atoms with Gasteiger partial charge in [0, 0.05) is 6.04 Å². The van der Waals surface area contributed by atoms with Gasteiger partial charge in [-0.3, -0.25) is 0 Å². The summed E-state index contributed by atoms with van der Waals surface area (Å²) in [7, 11) is 0. The van der Waals surface area contributed by atoms with E-state index in [4.69, 9.17) is 5.73 Å². The van der Waals surface area contributed by atoms with Crippen molar-refractivity contribution in [2.75, 3.05) is 0 Å². The van der Waals surface area contributed by atoms with Gasteiger partial charge in [0.15, 0.2) is 0 Å². The zero-order valence-electron chi connectivity index (χ0n) is 8.25. The van der Waals surface area contributed by atoms with Crippen molar-refractivity contribution in [3.8, 4) is 0 Å². The standard InChI is InChI=1S/C11H19N/c1-4-5-6-8(2)11-9(3)7-10(11)12/h4-6,9-11H,7,12H2,1-3H3/b5-4-,8-6-. The number of rotatable bonds is 2. The van der Waals surface area contributed by atoms with Crippen LogP contribution in [0.25, 0.3) is 0 Å². The molecule has 0 aromatic carbocycles. The predicted octanol–water partition coefficient (Wildman–Crippen LogP) is 2.49. The molecule has 1 rings (SSSR count). The van der Waals surface area contributed by atoms with Crippen LogP contribution in [0.15, 0.2) is 23.8 Å². The maximum atomic E-state index is 5.92. The Morgan fingerprint density at radius 2 is 2.17 bits per heavy atom. The summed E-state index contributed by atoms with van der Waals surface area (Å²) >= 11 is 0. The Kier molecular flexibility index (Phi) is 3.10. The highest BCUT2D eigenvalue weighted by molar-refractivity contribution is 5.18. The molecule has 1 aliphatic rings. The van der Waals surface area contributed by atoms with Crippen molar-refractivity contribution in [2.45, 2.75) is 33.2 Å². The minimum absolute atomic E-state index is 0.404. The summed E-state index contributed by atoms with van der Waals surface area (Å²) in [4.78, 5) is 0. The highest BCUT2D eigenvalue weighted by atomic mass is 14.7. The fourth-order valence-electron chi connectivity index (χ4n) is 2.09. The zero-order valence-corrected chi connectivity index (χ0v) is 8.25. The minimum Gasteiger partial charge on any atom is -0.327 e. The molecule has 1 aliphatic carbocycles. The Hall–Kier alpha value is -0.560. The summed E-state index contributed by atoms with van der Waals surface area (Å²) in [6.07, 6.45) is 7.51. The first-order chi connectivity index (χ1) is 5.66. The maximum absolute atomic E-state index is 5.92. The van der Waals surface area contributed by atoms with Crippen molar-refractivity contribution in [3.63, 3.8) is 0 Å². The molecule has 3 unspecified atom stereocenters. The average molecular weight is 165 g/mol. The lowest BCUT2D eigenvalue weighted by atomic mass is 9.67. The molecule has 2 N–H and O–H groups in total. The Morgan fingerprint density at radius 1 is 1.50 bits per heavy atom. The fraction of sp³-hybridized carbons (Fsp3) is 0.636. The second-order valence-electron chi connectivity index (χ2n) is 3.84. The van der Waals surface area contributed by atoms with E-state index in [1.165, 1.54) is 12.0 Å². The minimum atomic E-state index is 0.404. The Labute approximate surface area is 75.3 Å². The van der Waals surface area contributed by atoms with E-state index in [-0.39, 0.29) is 0 Å². The van der Waals surface area contributed by atoms with E-state index in [1.54, 1.807) is 0 Å². The van der Waals surface area contributed by atoms with E-state index in [9.17, 15) is 0 Å². The molecule has 0 aromatic heterocycles. The SMILES string of the molecule is C/C=C\C=C(\C)C1C(C)CC1N. The highest BCUT2D eigenvalue weighted by Gasteiger charge is 2.35. The molecule has 0 aromatic rings. The summed E-state index contributed by atoms with van der Waals surface area (Å²) < 4.78 is 0. The van der Waals surface area contributed by atoms with Crippen molar-refractivity contribution in [1.82, 2.24) is 0 Å². The third-order valence-electron chi connectivity index (χ3n) is 2.80. The fourth-order valence-corrected chi connectivity index (χ4v) is 2.09. The lowest BCUT2D eigenvalue weighted by molar-refractivity contribution is 0.190. The van der Waals surface area contributed by atoms with Gasteiger partial charge in [0.05, 0.1) is 0 Å². The first-order valence-electron chi connectivity index (χ1n) is 4.72. The van der Waals surface area contributed by atoms with E-state index < -0.39 is 0 Å². The van der Waals surface area contributed by atoms with Crippen LogP contribution in [0.5, 0.6) is 0 Å². The topological polar surface area (TPSA) is 26.0 Å². The third kappa shape index (κ3) is 1.78. The molecule has 3 atom stereocenters. The molecule has 12 heavy (non-hydrogen) atoms. The molecular formula is C11H19N. The van der Waals surface area contributed by atoms with Gasteiger partial charge in [-0.2, -0.15) is 0 Å². The summed E-state index contributed by atoms with van der Waals surface area (Å²) in [6, 6.07) is 0.404. The van der Waals surface area contributed by atoms with Crippen LogP contribution in [0.2, 0.25) is 0 Å². The van der Waals surface area contributed by atoms with Crippen LogP contribution in [0, 0.1) is 11.8 Å². The van der Waals surface area contributed by atoms with Crippen LogP contribution >= 0.6 is 0 Å². The van der Waals surface area contributed by atoms with E-state index in [1.807, 2.05) is 6.92 Å². The molecule has 0 radical (unpaired) electrons. The normalized spacial score (nSPS) is 37.0. The van der Waals surface area contributed by atoms with E-state index in [0.29, 0.717) is 12.0 Å². The first-order valence-corrected chi connectivity index (χ1v) is 4.72. The maximum Gasteiger partial charge on any atom is 0.0110 e. The summed E-state index contributed by atoms with van der Waals surface area (Å²) in [5.41, 5.74) is 7.35. The first kappa shape index (κ1) is 9.53. The second kappa shape index (κ2) is 3.90. The molecule has 1 heteroatoms. The van der Waals surface area contributed by atoms with Gasteiger partial charge in [-0.05, 0) is 32.1 Å². The summed E-state index contributed by atoms with van der Waals surface area (Å²) in [5, 5.41) is 0. The Morgan fingerprint density at radius 3 is 2.58 bits per heavy atom. The second-order valence-corrected chi connectivity index (χ2v) is 3.84. The summed E-state index contributed by atoms with van der Waals surface area (Å²) in [5.74, 6) is 1.41. The van der Waals surface area contributed by atoms with E-state index in [0.717, 1.165) is 5.92 Å². The quantitative estimate of drug-likeness (QED) is 0.625. The zero-order chi connectivity index (χ0) is 9.14. The predicted molar refractivity (Wildman–Crippen MR) is 53.8 cm³/mol. The van der Waals surface area contributed by atoms with E-state index >= 15 is 0 Å². The van der Waals surface area contributed by atoms with Gasteiger partial charge in [0.25, 0.3) is 0 Å². The Bertz CT molecular complexity index is 195. The lowest BCUT2D eigenvalue weighted by Crippen LogP contribution is -2.46. The van der Waals surface area contributed by atoms with E-state index in [2.05, 4.69) is 32.1 Å². The molecule has 0 saturated heterocycles. The lowest BCUT2D eigenvalue weighted by Gasteiger charge is -2.41. The van der Waals surface area contributed by atoms with Crippen molar-refractivity contribution in [2.24, 2.45) is 17.6 Å². The molecule has 0 spiro atoms. The van der Waals surface area contributed by atoms with Crippen LogP contribution in [0.4, 0.5) is 0 Å². The highest BCUT2D eigenvalue weighted by Crippen LogP contribution is 2.37. The van der Waals surface area contributed by atoms with Gasteiger partial charge in [-0.25, -0.2) is 0 Å². The smallest absolute Gasteiger partial charge is 0.0110 e. The van der Waals surface area contributed by atoms with Gasteiger partial charge in [0.2, 0.25) is 0 Å². The molecule has 0 aliphatic heterocycles. The number of hydrogen-bond donors (Lipinski definition) is 1. The van der Waals surface area contributed by atoms with Crippen molar-refractivity contribution < 1.29 is 0 Å². The number of hydrogen-bond acceptors (Lipinski definition) is 1. The molecule has 0 amide bonds. The Balaban J connectivity index is 2.57. The van der Waals surface area contributed by atoms with Gasteiger partial charge < -0.3 is 5.73 Å². The van der Waals surface area contributed by atoms with Gasteiger partial charge in [0.1, 0.15) is 0 Å². The van der Waals surface area contributed by atoms with Crippen LogP contribution in [-0.2, 0) is 0 Å². The largest absolute Gasteiger partial charge is 0.327 e. The van der Waals surface area contributed by atoms with Crippen LogP contribution in [0.1, 0.15) is 27.2 Å². The molecule has 1 saturated carbocycles. The van der Waals surface area contributed by atoms with Gasteiger partial charge in [-0.15, -0.1) is 0 Å². The van der Waals surface area contributed by atoms with Crippen molar-refractivity contribution >= 4 is 0 Å². The third-order valence-corrected chi connectivity index (χ3v) is 2.80. The average Bonchev–Trinajstić information content (AvgIpc) is 2.00. The van der Waals surface area contributed by atoms with Crippen molar-refractivity contribution in [1.29, 1.82) is 0 Å². The van der Waals surface area contributed by atoms with Crippen LogP contribution in [-0.4, -0.2) is 6.04 Å². The van der Waals surface area contributed by atoms with Crippen LogP contribution in [0.3, 0.4) is 0 Å². The molecule has 1 fully saturated rings. The monoisotopic (exact) mass is 165 g/mol. The molecular weight excluding hydrogens is 146 g/mol. The molecule has 1 nitrogen and oxygen atoms in total. The van der Waals surface area contributed by atoms with Crippen LogP contribution < -0.4 is 5.73 Å². The number of nitrogens with two attached hydrogens (primary N) is 1. The molecule has 0 bridgehead atoms. The number of allylic oxidation sites excluding steroid dienone is 3. The summed E-state index contributed by atoms with van der Waals surface area (Å²) in [6.45, 7) is 6.50. The van der Waals surface area contributed by atoms with Gasteiger partial charge in [-0.1, -0.05) is 30.7 Å².